The van der Waals surface area contributed by atoms with Crippen LogP contribution in [0.2, 0.25) is 0 Å². The summed E-state index contributed by atoms with van der Waals surface area (Å²) in [7, 11) is -3.67. The minimum absolute atomic E-state index is 0.0605. The first-order valence-electron chi connectivity index (χ1n) is 5.99. The summed E-state index contributed by atoms with van der Waals surface area (Å²) in [5, 5.41) is 7.85. The van der Waals surface area contributed by atoms with Crippen LogP contribution < -0.4 is 10.5 Å². The smallest absolute Gasteiger partial charge is 0.238 e. The van der Waals surface area contributed by atoms with Crippen LogP contribution in [0, 0.1) is 0 Å². The van der Waals surface area contributed by atoms with Crippen molar-refractivity contribution in [1.82, 2.24) is 5.32 Å². The maximum Gasteiger partial charge on any atom is 0.238 e. The lowest BCUT2D eigenvalue weighted by atomic mass is 10.2. The van der Waals surface area contributed by atoms with Crippen molar-refractivity contribution in [2.24, 2.45) is 5.14 Å². The zero-order valence-corrected chi connectivity index (χ0v) is 12.8. The molecule has 1 amide bonds. The Balaban J connectivity index is 2.50. The molecule has 1 rings (SSSR count). The van der Waals surface area contributed by atoms with Gasteiger partial charge in [-0.25, -0.2) is 13.6 Å². The summed E-state index contributed by atoms with van der Waals surface area (Å²) >= 11 is 1.33. The standard InChI is InChI=1S/C13H18N2O3S2/c1-3-4-10(2)15-13(16)9-19-11-5-7-12(8-6-11)20(14,17)18/h3,5-8,10H,1,4,9H2,2H3,(H,15,16)(H2,14,17,18). The normalized spacial score (nSPS) is 12.7. The fraction of sp³-hybridized carbons (Fsp3) is 0.308. The van der Waals surface area contributed by atoms with Gasteiger partial charge in [0.2, 0.25) is 15.9 Å². The summed E-state index contributed by atoms with van der Waals surface area (Å²) in [5.74, 6) is 0.204. The van der Waals surface area contributed by atoms with Crippen molar-refractivity contribution in [1.29, 1.82) is 0 Å². The molecule has 1 aromatic carbocycles. The maximum absolute atomic E-state index is 11.6. The Kier molecular flexibility index (Phi) is 6.25. The van der Waals surface area contributed by atoms with Gasteiger partial charge in [-0.2, -0.15) is 0 Å². The maximum atomic E-state index is 11.6. The predicted octanol–water partition coefficient (Wildman–Crippen LogP) is 1.51. The summed E-state index contributed by atoms with van der Waals surface area (Å²) in [4.78, 5) is 12.5. The molecule has 110 valence electrons. The molecule has 1 aromatic rings. The van der Waals surface area contributed by atoms with Crippen LogP contribution in [0.1, 0.15) is 13.3 Å². The number of hydrogen-bond acceptors (Lipinski definition) is 4. The molecule has 0 spiro atoms. The third-order valence-corrected chi connectivity index (χ3v) is 4.39. The largest absolute Gasteiger partial charge is 0.353 e. The molecule has 5 nitrogen and oxygen atoms in total. The van der Waals surface area contributed by atoms with Gasteiger partial charge in [-0.3, -0.25) is 4.79 Å². The molecule has 1 atom stereocenters. The second-order valence-electron chi connectivity index (χ2n) is 4.30. The van der Waals surface area contributed by atoms with E-state index in [0.717, 1.165) is 11.3 Å². The van der Waals surface area contributed by atoms with Crippen molar-refractivity contribution in [3.63, 3.8) is 0 Å². The zero-order valence-electron chi connectivity index (χ0n) is 11.2. The van der Waals surface area contributed by atoms with Gasteiger partial charge in [0.05, 0.1) is 10.6 Å². The first-order chi connectivity index (χ1) is 9.32. The van der Waals surface area contributed by atoms with E-state index in [-0.39, 0.29) is 22.6 Å². The molecule has 0 bridgehead atoms. The highest BCUT2D eigenvalue weighted by Crippen LogP contribution is 2.19. The van der Waals surface area contributed by atoms with Crippen molar-refractivity contribution >= 4 is 27.7 Å². The summed E-state index contributed by atoms with van der Waals surface area (Å²) in [6.07, 6.45) is 2.48. The molecule has 0 heterocycles. The van der Waals surface area contributed by atoms with Gasteiger partial charge in [-0.15, -0.1) is 18.3 Å². The van der Waals surface area contributed by atoms with E-state index in [1.165, 1.54) is 23.9 Å². The molecular formula is C13H18N2O3S2. The summed E-state index contributed by atoms with van der Waals surface area (Å²) in [6.45, 7) is 5.52. The molecule has 7 heteroatoms. The fourth-order valence-corrected chi connectivity index (χ4v) is 2.72. The van der Waals surface area contributed by atoms with E-state index in [0.29, 0.717) is 0 Å². The van der Waals surface area contributed by atoms with Crippen molar-refractivity contribution in [3.8, 4) is 0 Å². The first kappa shape index (κ1) is 16.7. The van der Waals surface area contributed by atoms with Crippen LogP contribution >= 0.6 is 11.8 Å². The van der Waals surface area contributed by atoms with Crippen molar-refractivity contribution in [2.75, 3.05) is 5.75 Å². The number of carbonyl (C=O) groups excluding carboxylic acids is 1. The molecule has 0 aromatic heterocycles. The quantitative estimate of drug-likeness (QED) is 0.589. The third-order valence-electron chi connectivity index (χ3n) is 2.45. The molecular weight excluding hydrogens is 296 g/mol. The minimum atomic E-state index is -3.67. The lowest BCUT2D eigenvalue weighted by molar-refractivity contribution is -0.119. The van der Waals surface area contributed by atoms with Gasteiger partial charge in [-0.05, 0) is 37.6 Å². The lowest BCUT2D eigenvalue weighted by Gasteiger charge is -2.11. The lowest BCUT2D eigenvalue weighted by Crippen LogP contribution is -2.33. The number of hydrogen-bond donors (Lipinski definition) is 2. The number of primary sulfonamides is 1. The molecule has 20 heavy (non-hydrogen) atoms. The molecule has 0 saturated heterocycles. The van der Waals surface area contributed by atoms with Crippen LogP contribution in [0.25, 0.3) is 0 Å². The Hall–Kier alpha value is -1.31. The van der Waals surface area contributed by atoms with E-state index in [1.807, 2.05) is 6.92 Å². The molecule has 0 aliphatic heterocycles. The number of carbonyl (C=O) groups is 1. The molecule has 0 aliphatic rings. The average Bonchev–Trinajstić information content (AvgIpc) is 2.36. The van der Waals surface area contributed by atoms with E-state index >= 15 is 0 Å². The number of nitrogens with two attached hydrogens (primary N) is 1. The number of amides is 1. The molecule has 3 N–H and O–H groups in total. The topological polar surface area (TPSA) is 89.3 Å². The number of benzene rings is 1. The zero-order chi connectivity index (χ0) is 15.2. The van der Waals surface area contributed by atoms with Crippen LogP contribution in [-0.2, 0) is 14.8 Å². The first-order valence-corrected chi connectivity index (χ1v) is 8.52. The van der Waals surface area contributed by atoms with E-state index < -0.39 is 10.0 Å². The van der Waals surface area contributed by atoms with Crippen LogP contribution in [0.4, 0.5) is 0 Å². The van der Waals surface area contributed by atoms with Gasteiger partial charge in [0.1, 0.15) is 0 Å². The van der Waals surface area contributed by atoms with Crippen molar-refractivity contribution < 1.29 is 13.2 Å². The van der Waals surface area contributed by atoms with E-state index in [9.17, 15) is 13.2 Å². The second-order valence-corrected chi connectivity index (χ2v) is 6.91. The SMILES string of the molecule is C=CCC(C)NC(=O)CSc1ccc(S(N)(=O)=O)cc1. The Morgan fingerprint density at radius 3 is 2.55 bits per heavy atom. The van der Waals surface area contributed by atoms with Crippen molar-refractivity contribution in [3.05, 3.63) is 36.9 Å². The molecule has 0 aliphatic carbocycles. The number of rotatable bonds is 7. The Labute approximate surface area is 123 Å². The number of nitrogens with one attached hydrogen (secondary N) is 1. The van der Waals surface area contributed by atoms with Gasteiger partial charge >= 0.3 is 0 Å². The van der Waals surface area contributed by atoms with Gasteiger partial charge in [-0.1, -0.05) is 6.08 Å². The van der Waals surface area contributed by atoms with E-state index in [2.05, 4.69) is 11.9 Å². The summed E-state index contributed by atoms with van der Waals surface area (Å²) in [6, 6.07) is 6.17. The van der Waals surface area contributed by atoms with Crippen LogP contribution in [0.15, 0.2) is 46.7 Å². The minimum Gasteiger partial charge on any atom is -0.353 e. The van der Waals surface area contributed by atoms with Crippen LogP contribution in [-0.4, -0.2) is 26.1 Å². The van der Waals surface area contributed by atoms with E-state index in [4.69, 9.17) is 5.14 Å². The molecule has 0 saturated carbocycles. The highest BCUT2D eigenvalue weighted by molar-refractivity contribution is 8.00. The van der Waals surface area contributed by atoms with Gasteiger partial charge < -0.3 is 5.32 Å². The molecule has 0 fully saturated rings. The van der Waals surface area contributed by atoms with Crippen LogP contribution in [0.3, 0.4) is 0 Å². The second kappa shape index (κ2) is 7.47. The number of sulfonamides is 1. The van der Waals surface area contributed by atoms with E-state index in [1.54, 1.807) is 18.2 Å². The van der Waals surface area contributed by atoms with Crippen molar-refractivity contribution in [2.45, 2.75) is 29.2 Å². The Bertz CT molecular complexity index is 568. The molecule has 1 unspecified atom stereocenters. The van der Waals surface area contributed by atoms with Gasteiger partial charge in [0, 0.05) is 10.9 Å². The average molecular weight is 314 g/mol. The Morgan fingerprint density at radius 1 is 1.45 bits per heavy atom. The highest BCUT2D eigenvalue weighted by atomic mass is 32.2. The third kappa shape index (κ3) is 5.77. The van der Waals surface area contributed by atoms with Gasteiger partial charge in [0.15, 0.2) is 0 Å². The number of thioether (sulfide) groups is 1. The fourth-order valence-electron chi connectivity index (χ4n) is 1.50. The predicted molar refractivity (Wildman–Crippen MR) is 81.0 cm³/mol. The summed E-state index contributed by atoms with van der Waals surface area (Å²) in [5.41, 5.74) is 0. The van der Waals surface area contributed by atoms with Crippen LogP contribution in [0.5, 0.6) is 0 Å². The van der Waals surface area contributed by atoms with Gasteiger partial charge in [0.25, 0.3) is 0 Å². The monoisotopic (exact) mass is 314 g/mol. The highest BCUT2D eigenvalue weighted by Gasteiger charge is 2.09. The Morgan fingerprint density at radius 2 is 2.05 bits per heavy atom. The molecule has 0 radical (unpaired) electrons. The summed E-state index contributed by atoms with van der Waals surface area (Å²) < 4.78 is 22.2.